The normalized spacial score (nSPS) is 18.8. The van der Waals surface area contributed by atoms with Crippen molar-refractivity contribution in [2.45, 2.75) is 26.2 Å². The van der Waals surface area contributed by atoms with Crippen molar-refractivity contribution in [3.8, 4) is 5.75 Å². The quantitative estimate of drug-likeness (QED) is 0.882. The molecule has 1 aromatic carbocycles. The number of hydrogen-bond donors (Lipinski definition) is 1. The molecular formula is C16H26N2O. The maximum Gasteiger partial charge on any atom is 0.122 e. The zero-order valence-corrected chi connectivity index (χ0v) is 12.2. The summed E-state index contributed by atoms with van der Waals surface area (Å²) in [4.78, 5) is 2.56. The van der Waals surface area contributed by atoms with Gasteiger partial charge in [0, 0.05) is 19.6 Å². The van der Waals surface area contributed by atoms with E-state index < -0.39 is 0 Å². The molecule has 0 spiro atoms. The molecule has 1 fully saturated rings. The molecule has 0 radical (unpaired) electrons. The van der Waals surface area contributed by atoms with E-state index in [0.717, 1.165) is 38.5 Å². The summed E-state index contributed by atoms with van der Waals surface area (Å²) < 4.78 is 5.74. The van der Waals surface area contributed by atoms with Gasteiger partial charge >= 0.3 is 0 Å². The van der Waals surface area contributed by atoms with Crippen molar-refractivity contribution in [2.75, 3.05) is 39.3 Å². The summed E-state index contributed by atoms with van der Waals surface area (Å²) in [5.41, 5.74) is 1.33. The van der Waals surface area contributed by atoms with Gasteiger partial charge in [0.15, 0.2) is 0 Å². The topological polar surface area (TPSA) is 24.5 Å². The van der Waals surface area contributed by atoms with Crippen LogP contribution in [0.2, 0.25) is 0 Å². The summed E-state index contributed by atoms with van der Waals surface area (Å²) in [6.07, 6.45) is 1.25. The van der Waals surface area contributed by atoms with Crippen LogP contribution in [-0.4, -0.2) is 44.2 Å². The molecule has 1 atom stereocenters. The lowest BCUT2D eigenvalue weighted by molar-refractivity contribution is 0.273. The van der Waals surface area contributed by atoms with E-state index in [1.807, 2.05) is 6.92 Å². The molecule has 1 N–H and O–H groups in total. The maximum atomic E-state index is 5.74. The molecule has 0 saturated carbocycles. The lowest BCUT2D eigenvalue weighted by Crippen LogP contribution is -2.31. The predicted octanol–water partition coefficient (Wildman–Crippen LogP) is 2.48. The fourth-order valence-corrected chi connectivity index (χ4v) is 2.74. The van der Waals surface area contributed by atoms with E-state index in [2.05, 4.69) is 41.4 Å². The Morgan fingerprint density at radius 1 is 1.26 bits per heavy atom. The molecule has 1 aliphatic heterocycles. The Kier molecular flexibility index (Phi) is 5.67. The second kappa shape index (κ2) is 7.51. The lowest BCUT2D eigenvalue weighted by atomic mass is 9.99. The second-order valence-corrected chi connectivity index (χ2v) is 5.28. The van der Waals surface area contributed by atoms with Gasteiger partial charge in [-0.25, -0.2) is 0 Å². The summed E-state index contributed by atoms with van der Waals surface area (Å²) in [5, 5.41) is 3.46. The number of ether oxygens (including phenoxy) is 1. The first-order chi connectivity index (χ1) is 9.31. The molecule has 0 aromatic heterocycles. The molecule has 0 amide bonds. The van der Waals surface area contributed by atoms with Gasteiger partial charge < -0.3 is 15.0 Å². The van der Waals surface area contributed by atoms with E-state index in [0.29, 0.717) is 5.92 Å². The Balaban J connectivity index is 2.00. The summed E-state index contributed by atoms with van der Waals surface area (Å²) in [6.45, 7) is 10.8. The molecule has 3 heteroatoms. The highest BCUT2D eigenvalue weighted by atomic mass is 16.5. The zero-order valence-electron chi connectivity index (χ0n) is 12.2. The Labute approximate surface area is 116 Å². The van der Waals surface area contributed by atoms with Crippen LogP contribution in [0.15, 0.2) is 24.3 Å². The van der Waals surface area contributed by atoms with E-state index in [1.54, 1.807) is 0 Å². The molecule has 3 nitrogen and oxygen atoms in total. The summed E-state index contributed by atoms with van der Waals surface area (Å²) >= 11 is 0. The monoisotopic (exact) mass is 262 g/mol. The molecule has 0 aliphatic carbocycles. The fraction of sp³-hybridized carbons (Fsp3) is 0.625. The first kappa shape index (κ1) is 14.4. The second-order valence-electron chi connectivity index (χ2n) is 5.28. The van der Waals surface area contributed by atoms with Gasteiger partial charge in [0.05, 0.1) is 6.61 Å². The van der Waals surface area contributed by atoms with Crippen LogP contribution in [0.5, 0.6) is 5.75 Å². The molecule has 1 saturated heterocycles. The van der Waals surface area contributed by atoms with Gasteiger partial charge in [0.1, 0.15) is 5.75 Å². The highest BCUT2D eigenvalue weighted by Gasteiger charge is 2.16. The van der Waals surface area contributed by atoms with Crippen LogP contribution in [0, 0.1) is 0 Å². The number of hydrogen-bond acceptors (Lipinski definition) is 3. The number of nitrogens with one attached hydrogen (secondary N) is 1. The average molecular weight is 262 g/mol. The van der Waals surface area contributed by atoms with Crippen molar-refractivity contribution in [2.24, 2.45) is 0 Å². The summed E-state index contributed by atoms with van der Waals surface area (Å²) in [6, 6.07) is 8.44. The zero-order chi connectivity index (χ0) is 13.5. The number of rotatable bonds is 5. The Morgan fingerprint density at radius 3 is 2.95 bits per heavy atom. The molecule has 0 bridgehead atoms. The fourth-order valence-electron chi connectivity index (χ4n) is 2.74. The molecule has 106 valence electrons. The van der Waals surface area contributed by atoms with E-state index in [4.69, 9.17) is 4.74 Å². The maximum absolute atomic E-state index is 5.74. The third-order valence-electron chi connectivity index (χ3n) is 3.71. The van der Waals surface area contributed by atoms with Gasteiger partial charge in [-0.2, -0.15) is 0 Å². The summed E-state index contributed by atoms with van der Waals surface area (Å²) in [5.74, 6) is 1.56. The van der Waals surface area contributed by atoms with Gasteiger partial charge in [0.25, 0.3) is 0 Å². The standard InChI is InChI=1S/C16H26N2O/c1-3-19-16-8-5-4-7-15(16)14(2)13-18-11-6-9-17-10-12-18/h4-5,7-8,14,17H,3,6,9-13H2,1-2H3. The molecule has 2 rings (SSSR count). The Bertz CT molecular complexity index is 373. The van der Waals surface area contributed by atoms with Crippen molar-refractivity contribution in [1.82, 2.24) is 10.2 Å². The SMILES string of the molecule is CCOc1ccccc1C(C)CN1CCCNCC1. The van der Waals surface area contributed by atoms with Gasteiger partial charge in [0.2, 0.25) is 0 Å². The lowest BCUT2D eigenvalue weighted by Gasteiger charge is -2.25. The van der Waals surface area contributed by atoms with Crippen LogP contribution in [0.3, 0.4) is 0 Å². The van der Waals surface area contributed by atoms with Gasteiger partial charge in [-0.1, -0.05) is 25.1 Å². The van der Waals surface area contributed by atoms with Crippen molar-refractivity contribution in [3.63, 3.8) is 0 Å². The molecular weight excluding hydrogens is 236 g/mol. The Hall–Kier alpha value is -1.06. The number of nitrogens with zero attached hydrogens (tertiary/aromatic N) is 1. The molecule has 19 heavy (non-hydrogen) atoms. The minimum absolute atomic E-state index is 0.515. The third-order valence-corrected chi connectivity index (χ3v) is 3.71. The third kappa shape index (κ3) is 4.22. The smallest absolute Gasteiger partial charge is 0.122 e. The van der Waals surface area contributed by atoms with Crippen molar-refractivity contribution in [1.29, 1.82) is 0 Å². The highest BCUT2D eigenvalue weighted by molar-refractivity contribution is 5.36. The molecule has 1 heterocycles. The number of para-hydroxylation sites is 1. The van der Waals surface area contributed by atoms with Gasteiger partial charge in [-0.05, 0) is 44.0 Å². The molecule has 1 unspecified atom stereocenters. The first-order valence-electron chi connectivity index (χ1n) is 7.46. The van der Waals surface area contributed by atoms with E-state index in [-0.39, 0.29) is 0 Å². The van der Waals surface area contributed by atoms with Crippen molar-refractivity contribution >= 4 is 0 Å². The van der Waals surface area contributed by atoms with Crippen molar-refractivity contribution in [3.05, 3.63) is 29.8 Å². The van der Waals surface area contributed by atoms with Crippen LogP contribution in [0.1, 0.15) is 31.7 Å². The summed E-state index contributed by atoms with van der Waals surface area (Å²) in [7, 11) is 0. The van der Waals surface area contributed by atoms with Crippen LogP contribution < -0.4 is 10.1 Å². The Morgan fingerprint density at radius 2 is 2.11 bits per heavy atom. The molecule has 1 aliphatic rings. The molecule has 1 aromatic rings. The van der Waals surface area contributed by atoms with Crippen LogP contribution in [0.25, 0.3) is 0 Å². The van der Waals surface area contributed by atoms with E-state index in [9.17, 15) is 0 Å². The highest BCUT2D eigenvalue weighted by Crippen LogP contribution is 2.27. The van der Waals surface area contributed by atoms with Crippen LogP contribution in [0.4, 0.5) is 0 Å². The largest absolute Gasteiger partial charge is 0.494 e. The minimum Gasteiger partial charge on any atom is -0.494 e. The van der Waals surface area contributed by atoms with Crippen LogP contribution in [-0.2, 0) is 0 Å². The van der Waals surface area contributed by atoms with Gasteiger partial charge in [-0.15, -0.1) is 0 Å². The first-order valence-corrected chi connectivity index (χ1v) is 7.46. The van der Waals surface area contributed by atoms with E-state index >= 15 is 0 Å². The van der Waals surface area contributed by atoms with E-state index in [1.165, 1.54) is 18.5 Å². The number of benzene rings is 1. The average Bonchev–Trinajstić information content (AvgIpc) is 2.68. The predicted molar refractivity (Wildman–Crippen MR) is 80.0 cm³/mol. The van der Waals surface area contributed by atoms with Gasteiger partial charge in [-0.3, -0.25) is 0 Å². The van der Waals surface area contributed by atoms with Crippen molar-refractivity contribution < 1.29 is 4.74 Å². The minimum atomic E-state index is 0.515. The van der Waals surface area contributed by atoms with Crippen LogP contribution >= 0.6 is 0 Å².